The zero-order valence-electron chi connectivity index (χ0n) is 11.1. The predicted molar refractivity (Wildman–Crippen MR) is 75.6 cm³/mol. The van der Waals surface area contributed by atoms with Crippen LogP contribution in [0.3, 0.4) is 0 Å². The van der Waals surface area contributed by atoms with Crippen LogP contribution in [-0.2, 0) is 4.74 Å². The van der Waals surface area contributed by atoms with Gasteiger partial charge in [0.05, 0.1) is 17.6 Å². The number of likely N-dealkylation sites (tertiary alicyclic amines) is 1. The van der Waals surface area contributed by atoms with Crippen molar-refractivity contribution in [1.82, 2.24) is 4.90 Å². The average molecular weight is 281 g/mol. The Kier molecular flexibility index (Phi) is 5.10. The molecule has 5 heteroatoms. The number of aromatic hydroxyl groups is 1. The van der Waals surface area contributed by atoms with E-state index in [1.165, 1.54) is 26.4 Å². The first-order valence-corrected chi connectivity index (χ1v) is 7.46. The van der Waals surface area contributed by atoms with E-state index >= 15 is 0 Å². The van der Waals surface area contributed by atoms with E-state index in [2.05, 4.69) is 9.64 Å². The van der Waals surface area contributed by atoms with Crippen LogP contribution in [0, 0.1) is 0 Å². The molecule has 0 saturated carbocycles. The summed E-state index contributed by atoms with van der Waals surface area (Å²) in [5, 5.41) is 9.83. The van der Waals surface area contributed by atoms with E-state index < -0.39 is 0 Å². The van der Waals surface area contributed by atoms with Crippen molar-refractivity contribution in [3.63, 3.8) is 0 Å². The maximum atomic E-state index is 11.5. The summed E-state index contributed by atoms with van der Waals surface area (Å²) in [6.45, 7) is 2.23. The molecule has 1 aliphatic heterocycles. The molecule has 0 amide bonds. The van der Waals surface area contributed by atoms with Gasteiger partial charge in [-0.1, -0.05) is 6.42 Å². The highest BCUT2D eigenvalue weighted by molar-refractivity contribution is 7.99. The van der Waals surface area contributed by atoms with Gasteiger partial charge in [-0.15, -0.1) is 11.8 Å². The molecule has 0 aromatic heterocycles. The van der Waals surface area contributed by atoms with Gasteiger partial charge in [0.25, 0.3) is 0 Å². The second kappa shape index (κ2) is 6.82. The molecule has 2 rings (SSSR count). The molecule has 0 aliphatic carbocycles. The van der Waals surface area contributed by atoms with Crippen molar-refractivity contribution in [2.45, 2.75) is 24.2 Å². The van der Waals surface area contributed by atoms with Gasteiger partial charge in [-0.3, -0.25) is 4.90 Å². The summed E-state index contributed by atoms with van der Waals surface area (Å²) in [5.41, 5.74) is 0.474. The van der Waals surface area contributed by atoms with E-state index in [1.54, 1.807) is 30.0 Å². The number of methoxy groups -OCH3 is 1. The Labute approximate surface area is 117 Å². The van der Waals surface area contributed by atoms with Crippen molar-refractivity contribution in [3.8, 4) is 5.75 Å². The summed E-state index contributed by atoms with van der Waals surface area (Å²) in [6.07, 6.45) is 3.80. The molecule has 1 aromatic rings. The van der Waals surface area contributed by atoms with Gasteiger partial charge in [-0.05, 0) is 44.1 Å². The Morgan fingerprint density at radius 2 is 2.11 bits per heavy atom. The van der Waals surface area contributed by atoms with Gasteiger partial charge in [0.15, 0.2) is 0 Å². The molecule has 1 aromatic carbocycles. The average Bonchev–Trinajstić information content (AvgIpc) is 2.46. The van der Waals surface area contributed by atoms with Gasteiger partial charge in [-0.2, -0.15) is 0 Å². The number of hydrogen-bond acceptors (Lipinski definition) is 5. The van der Waals surface area contributed by atoms with Crippen LogP contribution in [0.25, 0.3) is 0 Å². The number of carbonyl (C=O) groups is 1. The number of rotatable bonds is 4. The van der Waals surface area contributed by atoms with Crippen LogP contribution >= 0.6 is 11.8 Å². The molecular weight excluding hydrogens is 262 g/mol. The highest BCUT2D eigenvalue weighted by atomic mass is 32.2. The molecular formula is C14H19NO3S. The fraction of sp³-hybridized carbons (Fsp3) is 0.500. The van der Waals surface area contributed by atoms with Gasteiger partial charge in [0.2, 0.25) is 0 Å². The largest absolute Gasteiger partial charge is 0.507 e. The van der Waals surface area contributed by atoms with Crippen molar-refractivity contribution in [2.75, 3.05) is 26.1 Å². The minimum Gasteiger partial charge on any atom is -0.507 e. The van der Waals surface area contributed by atoms with Crippen LogP contribution in [-0.4, -0.2) is 42.1 Å². The lowest BCUT2D eigenvalue weighted by atomic mass is 10.1. The minimum absolute atomic E-state index is 0.217. The van der Waals surface area contributed by atoms with Gasteiger partial charge in [0.1, 0.15) is 5.75 Å². The fourth-order valence-electron chi connectivity index (χ4n) is 2.12. The lowest BCUT2D eigenvalue weighted by molar-refractivity contribution is 0.0600. The first-order chi connectivity index (χ1) is 9.20. The third-order valence-electron chi connectivity index (χ3n) is 3.23. The molecule has 0 unspecified atom stereocenters. The Morgan fingerprint density at radius 3 is 2.79 bits per heavy atom. The molecule has 0 spiro atoms. The monoisotopic (exact) mass is 281 g/mol. The van der Waals surface area contributed by atoms with Gasteiger partial charge < -0.3 is 9.84 Å². The molecule has 1 saturated heterocycles. The van der Waals surface area contributed by atoms with E-state index in [0.29, 0.717) is 5.56 Å². The molecule has 1 heterocycles. The van der Waals surface area contributed by atoms with Crippen LogP contribution in [0.15, 0.2) is 23.1 Å². The Hall–Kier alpha value is -1.20. The van der Waals surface area contributed by atoms with Gasteiger partial charge in [-0.25, -0.2) is 4.79 Å². The quantitative estimate of drug-likeness (QED) is 0.679. The van der Waals surface area contributed by atoms with Gasteiger partial charge in [0, 0.05) is 5.88 Å². The van der Waals surface area contributed by atoms with Crippen molar-refractivity contribution in [3.05, 3.63) is 23.8 Å². The number of ether oxygens (including phenoxy) is 1. The third-order valence-corrected chi connectivity index (χ3v) is 4.36. The molecule has 19 heavy (non-hydrogen) atoms. The molecule has 0 radical (unpaired) electrons. The molecule has 1 aliphatic rings. The summed E-state index contributed by atoms with van der Waals surface area (Å²) in [6, 6.07) is 4.81. The number of piperidine rings is 1. The number of benzene rings is 1. The van der Waals surface area contributed by atoms with E-state index in [4.69, 9.17) is 0 Å². The number of thioether (sulfide) groups is 1. The Balaban J connectivity index is 2.00. The highest BCUT2D eigenvalue weighted by Gasteiger charge is 2.13. The number of hydrogen-bond donors (Lipinski definition) is 1. The maximum absolute atomic E-state index is 11.5. The number of phenols is 1. The first-order valence-electron chi connectivity index (χ1n) is 6.47. The number of nitrogens with zero attached hydrogens (tertiary/aromatic N) is 1. The standard InChI is InChI=1S/C14H19NO3S/c1-18-14(17)11-5-6-12(16)13(9-11)19-10-15-7-3-2-4-8-15/h5-6,9,16H,2-4,7-8,10H2,1H3. The van der Waals surface area contributed by atoms with E-state index in [9.17, 15) is 9.90 Å². The van der Waals surface area contributed by atoms with Crippen LogP contribution in [0.2, 0.25) is 0 Å². The summed E-state index contributed by atoms with van der Waals surface area (Å²) in [5.74, 6) is 0.688. The minimum atomic E-state index is -0.375. The summed E-state index contributed by atoms with van der Waals surface area (Å²) in [7, 11) is 1.36. The molecule has 104 valence electrons. The molecule has 0 atom stereocenters. The van der Waals surface area contributed by atoms with Crippen LogP contribution in [0.4, 0.5) is 0 Å². The maximum Gasteiger partial charge on any atom is 0.337 e. The second-order valence-electron chi connectivity index (χ2n) is 4.63. The van der Waals surface area contributed by atoms with Crippen molar-refractivity contribution >= 4 is 17.7 Å². The number of phenolic OH excluding ortho intramolecular Hbond substituents is 1. The topological polar surface area (TPSA) is 49.8 Å². The summed E-state index contributed by atoms with van der Waals surface area (Å²) in [4.78, 5) is 14.6. The highest BCUT2D eigenvalue weighted by Crippen LogP contribution is 2.30. The number of esters is 1. The van der Waals surface area contributed by atoms with E-state index in [0.717, 1.165) is 23.9 Å². The molecule has 1 fully saturated rings. The lowest BCUT2D eigenvalue weighted by Gasteiger charge is -2.25. The van der Waals surface area contributed by atoms with Crippen LogP contribution < -0.4 is 0 Å². The summed E-state index contributed by atoms with van der Waals surface area (Å²) < 4.78 is 4.69. The Morgan fingerprint density at radius 1 is 1.37 bits per heavy atom. The van der Waals surface area contributed by atoms with E-state index in [-0.39, 0.29) is 11.7 Å². The normalized spacial score (nSPS) is 16.3. The van der Waals surface area contributed by atoms with Crippen molar-refractivity contribution in [2.24, 2.45) is 0 Å². The molecule has 4 nitrogen and oxygen atoms in total. The van der Waals surface area contributed by atoms with Crippen molar-refractivity contribution in [1.29, 1.82) is 0 Å². The fourth-order valence-corrected chi connectivity index (χ4v) is 3.13. The smallest absolute Gasteiger partial charge is 0.337 e. The second-order valence-corrected chi connectivity index (χ2v) is 5.61. The summed E-state index contributed by atoms with van der Waals surface area (Å²) >= 11 is 1.56. The predicted octanol–water partition coefficient (Wildman–Crippen LogP) is 2.71. The zero-order valence-corrected chi connectivity index (χ0v) is 11.9. The Bertz CT molecular complexity index is 444. The molecule has 0 bridgehead atoms. The van der Waals surface area contributed by atoms with Crippen molar-refractivity contribution < 1.29 is 14.6 Å². The SMILES string of the molecule is COC(=O)c1ccc(O)c(SCN2CCCCC2)c1. The first kappa shape index (κ1) is 14.2. The third kappa shape index (κ3) is 3.88. The van der Waals surface area contributed by atoms with Gasteiger partial charge >= 0.3 is 5.97 Å². The van der Waals surface area contributed by atoms with E-state index in [1.807, 2.05) is 0 Å². The van der Waals surface area contributed by atoms with Crippen LogP contribution in [0.5, 0.6) is 5.75 Å². The lowest BCUT2D eigenvalue weighted by Crippen LogP contribution is -2.29. The molecule has 1 N–H and O–H groups in total. The number of carbonyl (C=O) groups excluding carboxylic acids is 1. The van der Waals surface area contributed by atoms with Crippen LogP contribution in [0.1, 0.15) is 29.6 Å². The zero-order chi connectivity index (χ0) is 13.7.